The Bertz CT molecular complexity index is 1080. The van der Waals surface area contributed by atoms with Crippen LogP contribution >= 0.6 is 11.6 Å². The molecule has 184 valence electrons. The summed E-state index contributed by atoms with van der Waals surface area (Å²) in [5.74, 6) is -2.09. The summed E-state index contributed by atoms with van der Waals surface area (Å²) in [6, 6.07) is 5.41. The third-order valence-electron chi connectivity index (χ3n) is 6.35. The van der Waals surface area contributed by atoms with Gasteiger partial charge in [0.2, 0.25) is 0 Å². The smallest absolute Gasteiger partial charge is 0.416 e. The van der Waals surface area contributed by atoms with Crippen LogP contribution < -0.4 is 4.74 Å². The molecule has 2 fully saturated rings. The van der Waals surface area contributed by atoms with Gasteiger partial charge in [-0.1, -0.05) is 11.6 Å². The highest BCUT2D eigenvalue weighted by atomic mass is 35.5. The summed E-state index contributed by atoms with van der Waals surface area (Å²) < 4.78 is 74.2. The molecule has 1 aliphatic heterocycles. The molecule has 0 amide bonds. The maximum atomic E-state index is 15.4. The van der Waals surface area contributed by atoms with Crippen molar-refractivity contribution < 1.29 is 36.6 Å². The number of piperidine rings is 1. The van der Waals surface area contributed by atoms with Crippen molar-refractivity contribution in [2.75, 3.05) is 19.7 Å². The minimum Gasteiger partial charge on any atom is -0.490 e. The lowest BCUT2D eigenvalue weighted by Crippen LogP contribution is -2.44. The molecule has 4 nitrogen and oxygen atoms in total. The standard InChI is InChI=1S/C24H23ClF5NO3/c25-19-4-3-16(24(28,29)30)9-15(19)12-31-7-5-23(27,6-8-31)13-34-21-11-20(26)18(22(32)33)10-17(21)14-1-2-14/h3-4,9-11,14H,1-2,5-8,12-13H2,(H,32,33). The van der Waals surface area contributed by atoms with Gasteiger partial charge in [-0.2, -0.15) is 13.2 Å². The second kappa shape index (κ2) is 9.34. The summed E-state index contributed by atoms with van der Waals surface area (Å²) in [6.07, 6.45) is -2.66. The zero-order valence-electron chi connectivity index (χ0n) is 18.1. The Balaban J connectivity index is 1.38. The van der Waals surface area contributed by atoms with Gasteiger partial charge in [-0.05, 0) is 67.0 Å². The first-order valence-corrected chi connectivity index (χ1v) is 11.3. The molecule has 1 saturated heterocycles. The van der Waals surface area contributed by atoms with E-state index in [1.807, 2.05) is 4.90 Å². The zero-order valence-corrected chi connectivity index (χ0v) is 18.9. The highest BCUT2D eigenvalue weighted by Crippen LogP contribution is 2.45. The summed E-state index contributed by atoms with van der Waals surface area (Å²) >= 11 is 6.07. The lowest BCUT2D eigenvalue weighted by Gasteiger charge is -2.36. The van der Waals surface area contributed by atoms with Gasteiger partial charge >= 0.3 is 12.1 Å². The number of ether oxygens (including phenoxy) is 1. The van der Waals surface area contributed by atoms with E-state index in [0.29, 0.717) is 11.1 Å². The molecule has 2 aliphatic rings. The third-order valence-corrected chi connectivity index (χ3v) is 6.72. The van der Waals surface area contributed by atoms with E-state index in [1.165, 1.54) is 12.1 Å². The number of alkyl halides is 4. The molecule has 0 atom stereocenters. The van der Waals surface area contributed by atoms with Crippen LogP contribution in [-0.4, -0.2) is 41.3 Å². The second-order valence-electron chi connectivity index (χ2n) is 8.97. The van der Waals surface area contributed by atoms with Crippen LogP contribution in [0.4, 0.5) is 22.0 Å². The minimum absolute atomic E-state index is 0.0725. The molecular weight excluding hydrogens is 481 g/mol. The molecule has 0 spiro atoms. The molecule has 0 aromatic heterocycles. The van der Waals surface area contributed by atoms with Gasteiger partial charge in [0.15, 0.2) is 0 Å². The van der Waals surface area contributed by atoms with E-state index >= 15 is 4.39 Å². The fourth-order valence-corrected chi connectivity index (χ4v) is 4.33. The Morgan fingerprint density at radius 3 is 2.44 bits per heavy atom. The monoisotopic (exact) mass is 503 g/mol. The largest absolute Gasteiger partial charge is 0.490 e. The Hall–Kier alpha value is -2.39. The molecular formula is C24H23ClF5NO3. The molecule has 10 heteroatoms. The van der Waals surface area contributed by atoms with Crippen LogP contribution in [0.15, 0.2) is 30.3 Å². The molecule has 2 aromatic rings. The molecule has 4 rings (SSSR count). The minimum atomic E-state index is -4.48. The van der Waals surface area contributed by atoms with Crippen LogP contribution in [0.3, 0.4) is 0 Å². The maximum absolute atomic E-state index is 15.4. The van der Waals surface area contributed by atoms with Gasteiger partial charge < -0.3 is 9.84 Å². The van der Waals surface area contributed by atoms with Crippen molar-refractivity contribution in [1.29, 1.82) is 0 Å². The van der Waals surface area contributed by atoms with Crippen molar-refractivity contribution >= 4 is 17.6 Å². The molecule has 1 saturated carbocycles. The lowest BCUT2D eigenvalue weighted by atomic mass is 9.93. The van der Waals surface area contributed by atoms with E-state index in [0.717, 1.165) is 31.0 Å². The molecule has 0 unspecified atom stereocenters. The van der Waals surface area contributed by atoms with Crippen molar-refractivity contribution in [1.82, 2.24) is 4.90 Å². The Morgan fingerprint density at radius 2 is 1.85 bits per heavy atom. The van der Waals surface area contributed by atoms with Crippen LogP contribution in [0.25, 0.3) is 0 Å². The topological polar surface area (TPSA) is 49.8 Å². The van der Waals surface area contributed by atoms with Gasteiger partial charge in [0.05, 0.1) is 11.1 Å². The van der Waals surface area contributed by atoms with E-state index in [9.17, 15) is 22.4 Å². The van der Waals surface area contributed by atoms with Crippen LogP contribution in [0.2, 0.25) is 5.02 Å². The number of nitrogens with zero attached hydrogens (tertiary/aromatic N) is 1. The summed E-state index contributed by atoms with van der Waals surface area (Å²) in [5.41, 5.74) is -2.03. The highest BCUT2D eigenvalue weighted by Gasteiger charge is 2.37. The van der Waals surface area contributed by atoms with Crippen molar-refractivity contribution in [2.24, 2.45) is 0 Å². The highest BCUT2D eigenvalue weighted by molar-refractivity contribution is 6.31. The number of carbonyl (C=O) groups is 1. The first kappa shape index (κ1) is 24.7. The molecule has 1 heterocycles. The predicted octanol–water partition coefficient (Wildman–Crippen LogP) is 6.46. The number of aromatic carboxylic acids is 1. The number of hydrogen-bond acceptors (Lipinski definition) is 3. The predicted molar refractivity (Wildman–Crippen MR) is 116 cm³/mol. The third kappa shape index (κ3) is 5.63. The molecule has 1 N–H and O–H groups in total. The Labute approximate surface area is 198 Å². The summed E-state index contributed by atoms with van der Waals surface area (Å²) in [4.78, 5) is 13.1. The van der Waals surface area contributed by atoms with E-state index in [-0.39, 0.29) is 55.8 Å². The quantitative estimate of drug-likeness (QED) is 0.441. The molecule has 0 bridgehead atoms. The number of halogens is 6. The fourth-order valence-electron chi connectivity index (χ4n) is 4.15. The molecule has 2 aromatic carbocycles. The number of carboxylic acid groups (broad SMARTS) is 1. The first-order valence-electron chi connectivity index (χ1n) is 10.9. The van der Waals surface area contributed by atoms with E-state index in [1.54, 1.807) is 0 Å². The van der Waals surface area contributed by atoms with Gasteiger partial charge in [-0.25, -0.2) is 13.6 Å². The molecule has 34 heavy (non-hydrogen) atoms. The first-order chi connectivity index (χ1) is 15.9. The van der Waals surface area contributed by atoms with E-state index in [2.05, 4.69) is 0 Å². The van der Waals surface area contributed by atoms with E-state index in [4.69, 9.17) is 21.4 Å². The van der Waals surface area contributed by atoms with Crippen LogP contribution in [0.1, 0.15) is 58.6 Å². The number of likely N-dealkylation sites (tertiary alicyclic amines) is 1. The van der Waals surface area contributed by atoms with Gasteiger partial charge in [-0.15, -0.1) is 0 Å². The summed E-state index contributed by atoms with van der Waals surface area (Å²) in [6.45, 7) is 0.409. The van der Waals surface area contributed by atoms with Crippen molar-refractivity contribution in [3.8, 4) is 5.75 Å². The average molecular weight is 504 g/mol. The van der Waals surface area contributed by atoms with Crippen molar-refractivity contribution in [3.63, 3.8) is 0 Å². The normalized spacial score (nSPS) is 18.6. The van der Waals surface area contributed by atoms with Gasteiger partial charge in [0.1, 0.15) is 23.8 Å². The second-order valence-corrected chi connectivity index (χ2v) is 9.38. The van der Waals surface area contributed by atoms with Crippen molar-refractivity contribution in [3.05, 3.63) is 63.4 Å². The van der Waals surface area contributed by atoms with E-state index < -0.39 is 34.8 Å². The van der Waals surface area contributed by atoms with Gasteiger partial charge in [0.25, 0.3) is 0 Å². The average Bonchev–Trinajstić information content (AvgIpc) is 3.60. The molecule has 0 radical (unpaired) electrons. The SMILES string of the molecule is O=C(O)c1cc(C2CC2)c(OCC2(F)CCN(Cc3cc(C(F)(F)F)ccc3Cl)CC2)cc1F. The summed E-state index contributed by atoms with van der Waals surface area (Å²) in [7, 11) is 0. The number of hydrogen-bond donors (Lipinski definition) is 1. The molecule has 1 aliphatic carbocycles. The zero-order chi connectivity index (χ0) is 24.7. The maximum Gasteiger partial charge on any atom is 0.416 e. The van der Waals surface area contributed by atoms with Crippen LogP contribution in [0, 0.1) is 5.82 Å². The Morgan fingerprint density at radius 1 is 1.18 bits per heavy atom. The summed E-state index contributed by atoms with van der Waals surface area (Å²) in [5, 5.41) is 9.37. The lowest BCUT2D eigenvalue weighted by molar-refractivity contribution is -0.137. The van der Waals surface area contributed by atoms with Crippen molar-refractivity contribution in [2.45, 2.75) is 50.0 Å². The van der Waals surface area contributed by atoms with Gasteiger partial charge in [0, 0.05) is 30.7 Å². The number of carboxylic acids is 1. The van der Waals surface area contributed by atoms with Crippen LogP contribution in [-0.2, 0) is 12.7 Å². The fraction of sp³-hybridized carbons (Fsp3) is 0.458. The van der Waals surface area contributed by atoms with Crippen LogP contribution in [0.5, 0.6) is 5.75 Å². The van der Waals surface area contributed by atoms with Gasteiger partial charge in [-0.3, -0.25) is 4.90 Å². The Kier molecular flexibility index (Phi) is 6.79. The number of benzene rings is 2. The number of rotatable bonds is 7.